The molecule has 2 aromatic rings. The Morgan fingerprint density at radius 1 is 1.00 bits per heavy atom. The molecule has 0 heterocycles. The zero-order chi connectivity index (χ0) is 14.4. The zero-order valence-electron chi connectivity index (χ0n) is 10.4. The monoisotopic (exact) mass is 310 g/mol. The fraction of sp³-hybridized carbons (Fsp3) is 0.0714. The molecule has 0 radical (unpaired) electrons. The molecule has 4 nitrogen and oxygen atoms in total. The molecule has 2 aromatic carbocycles. The van der Waals surface area contributed by atoms with Crippen LogP contribution in [0.3, 0.4) is 0 Å². The molecule has 0 atom stereocenters. The minimum Gasteiger partial charge on any atom is -0.473 e. The predicted octanol–water partition coefficient (Wildman–Crippen LogP) is 4.15. The van der Waals surface area contributed by atoms with Crippen molar-refractivity contribution in [2.75, 3.05) is 12.0 Å². The number of hydrogen-bond donors (Lipinski definition) is 2. The van der Waals surface area contributed by atoms with Gasteiger partial charge in [-0.15, -0.1) is 0 Å². The van der Waals surface area contributed by atoms with Crippen LogP contribution in [-0.4, -0.2) is 12.8 Å². The molecule has 104 valence electrons. The minimum absolute atomic E-state index is 0.0396. The van der Waals surface area contributed by atoms with Gasteiger partial charge in [0.15, 0.2) is 6.73 Å². The third-order valence-electron chi connectivity index (χ3n) is 2.42. The smallest absolute Gasteiger partial charge is 0.321 e. The molecule has 0 bridgehead atoms. The van der Waals surface area contributed by atoms with Gasteiger partial charge in [-0.2, -0.15) is 0 Å². The van der Waals surface area contributed by atoms with Crippen molar-refractivity contribution in [2.45, 2.75) is 0 Å². The Morgan fingerprint density at radius 3 is 2.30 bits per heavy atom. The van der Waals surface area contributed by atoms with Crippen molar-refractivity contribution in [1.82, 2.24) is 5.32 Å². The molecule has 0 aliphatic carbocycles. The van der Waals surface area contributed by atoms with Crippen LogP contribution in [0.2, 0.25) is 10.0 Å². The average Bonchev–Trinajstić information content (AvgIpc) is 2.44. The Hall–Kier alpha value is -1.91. The summed E-state index contributed by atoms with van der Waals surface area (Å²) in [6, 6.07) is 13.7. The van der Waals surface area contributed by atoms with Crippen LogP contribution in [0.25, 0.3) is 0 Å². The summed E-state index contributed by atoms with van der Waals surface area (Å²) in [6.07, 6.45) is 0. The topological polar surface area (TPSA) is 50.4 Å². The van der Waals surface area contributed by atoms with Crippen molar-refractivity contribution >= 4 is 34.9 Å². The fourth-order valence-corrected chi connectivity index (χ4v) is 1.97. The van der Waals surface area contributed by atoms with Gasteiger partial charge in [0.25, 0.3) is 0 Å². The summed E-state index contributed by atoms with van der Waals surface area (Å²) in [5.74, 6) is 0.670. The van der Waals surface area contributed by atoms with Gasteiger partial charge in [-0.1, -0.05) is 47.5 Å². The second kappa shape index (κ2) is 7.03. The van der Waals surface area contributed by atoms with Crippen LogP contribution in [0.4, 0.5) is 10.5 Å². The molecular weight excluding hydrogens is 299 g/mol. The van der Waals surface area contributed by atoms with Crippen molar-refractivity contribution in [3.63, 3.8) is 0 Å². The highest BCUT2D eigenvalue weighted by atomic mass is 35.5. The molecule has 0 fully saturated rings. The molecule has 0 aromatic heterocycles. The number of anilines is 1. The van der Waals surface area contributed by atoms with Gasteiger partial charge in [0.05, 0.1) is 15.7 Å². The molecule has 20 heavy (non-hydrogen) atoms. The van der Waals surface area contributed by atoms with Gasteiger partial charge < -0.3 is 15.4 Å². The molecule has 6 heteroatoms. The third kappa shape index (κ3) is 4.05. The highest BCUT2D eigenvalue weighted by Crippen LogP contribution is 2.29. The number of ether oxygens (including phenoxy) is 1. The number of rotatable bonds is 4. The Kier molecular flexibility index (Phi) is 5.09. The lowest BCUT2D eigenvalue weighted by Gasteiger charge is -2.11. The molecule has 0 saturated heterocycles. The van der Waals surface area contributed by atoms with E-state index in [0.29, 0.717) is 21.5 Å². The van der Waals surface area contributed by atoms with Gasteiger partial charge in [-0.3, -0.25) is 0 Å². The fourth-order valence-electron chi connectivity index (χ4n) is 1.48. The van der Waals surface area contributed by atoms with Crippen LogP contribution in [0.15, 0.2) is 48.5 Å². The van der Waals surface area contributed by atoms with Gasteiger partial charge in [0, 0.05) is 0 Å². The van der Waals surface area contributed by atoms with E-state index in [2.05, 4.69) is 10.6 Å². The first-order chi connectivity index (χ1) is 9.66. The summed E-state index contributed by atoms with van der Waals surface area (Å²) in [4.78, 5) is 11.7. The second-order valence-corrected chi connectivity index (χ2v) is 4.64. The van der Waals surface area contributed by atoms with Crippen molar-refractivity contribution in [1.29, 1.82) is 0 Å². The van der Waals surface area contributed by atoms with E-state index in [1.54, 1.807) is 30.3 Å². The molecule has 2 N–H and O–H groups in total. The summed E-state index contributed by atoms with van der Waals surface area (Å²) in [5.41, 5.74) is 0.369. The second-order valence-electron chi connectivity index (χ2n) is 3.83. The number of urea groups is 1. The number of para-hydroxylation sites is 2. The predicted molar refractivity (Wildman–Crippen MR) is 80.6 cm³/mol. The van der Waals surface area contributed by atoms with Gasteiger partial charge in [0.2, 0.25) is 0 Å². The Bertz CT molecular complexity index is 571. The summed E-state index contributed by atoms with van der Waals surface area (Å²) >= 11 is 11.9. The maximum Gasteiger partial charge on any atom is 0.321 e. The van der Waals surface area contributed by atoms with E-state index in [1.165, 1.54) is 0 Å². The zero-order valence-corrected chi connectivity index (χ0v) is 11.9. The average molecular weight is 311 g/mol. The van der Waals surface area contributed by atoms with Gasteiger partial charge in [-0.25, -0.2) is 4.79 Å². The molecular formula is C14H12Cl2N2O2. The maximum atomic E-state index is 11.7. The first-order valence-corrected chi connectivity index (χ1v) is 6.59. The van der Waals surface area contributed by atoms with E-state index in [1.807, 2.05) is 18.2 Å². The van der Waals surface area contributed by atoms with Crippen LogP contribution in [0, 0.1) is 0 Å². The Morgan fingerprint density at radius 2 is 1.65 bits per heavy atom. The van der Waals surface area contributed by atoms with E-state index in [9.17, 15) is 4.79 Å². The number of nitrogens with one attached hydrogen (secondary N) is 2. The Labute approximate surface area is 126 Å². The van der Waals surface area contributed by atoms with Crippen LogP contribution in [-0.2, 0) is 0 Å². The summed E-state index contributed by atoms with van der Waals surface area (Å²) in [7, 11) is 0. The van der Waals surface area contributed by atoms with E-state index in [0.717, 1.165) is 0 Å². The summed E-state index contributed by atoms with van der Waals surface area (Å²) in [6.45, 7) is 0.0396. The lowest BCUT2D eigenvalue weighted by molar-refractivity contribution is 0.234. The first-order valence-electron chi connectivity index (χ1n) is 5.83. The number of benzene rings is 2. The normalized spacial score (nSPS) is 9.90. The van der Waals surface area contributed by atoms with Gasteiger partial charge >= 0.3 is 6.03 Å². The summed E-state index contributed by atoms with van der Waals surface area (Å²) in [5, 5.41) is 5.86. The molecule has 0 aliphatic heterocycles. The number of carbonyl (C=O) groups is 1. The van der Waals surface area contributed by atoms with Crippen molar-refractivity contribution in [3.05, 3.63) is 58.6 Å². The van der Waals surface area contributed by atoms with Crippen LogP contribution in [0.1, 0.15) is 0 Å². The van der Waals surface area contributed by atoms with E-state index >= 15 is 0 Å². The molecule has 2 rings (SSSR count). The van der Waals surface area contributed by atoms with E-state index in [-0.39, 0.29) is 6.73 Å². The van der Waals surface area contributed by atoms with Gasteiger partial charge in [-0.05, 0) is 24.3 Å². The Balaban J connectivity index is 1.84. The van der Waals surface area contributed by atoms with E-state index in [4.69, 9.17) is 27.9 Å². The molecule has 0 unspecified atom stereocenters. The van der Waals surface area contributed by atoms with E-state index < -0.39 is 6.03 Å². The minimum atomic E-state index is -0.448. The lowest BCUT2D eigenvalue weighted by atomic mass is 10.3. The number of carbonyl (C=O) groups excluding carboxylic acids is 1. The van der Waals surface area contributed by atoms with Crippen LogP contribution < -0.4 is 15.4 Å². The highest BCUT2D eigenvalue weighted by Gasteiger charge is 2.08. The molecule has 0 aliphatic rings. The number of halogens is 2. The quantitative estimate of drug-likeness (QED) is 0.833. The van der Waals surface area contributed by atoms with Gasteiger partial charge in [0.1, 0.15) is 5.75 Å². The maximum absolute atomic E-state index is 11.7. The molecule has 0 saturated carbocycles. The first kappa shape index (κ1) is 14.5. The highest BCUT2D eigenvalue weighted by molar-refractivity contribution is 6.39. The number of amides is 2. The molecule has 2 amide bonds. The SMILES string of the molecule is O=C(NCOc1ccccc1)Nc1c(Cl)cccc1Cl. The lowest BCUT2D eigenvalue weighted by Crippen LogP contribution is -2.32. The number of hydrogen-bond acceptors (Lipinski definition) is 2. The molecule has 0 spiro atoms. The van der Waals surface area contributed by atoms with Crippen molar-refractivity contribution < 1.29 is 9.53 Å². The van der Waals surface area contributed by atoms with Crippen LogP contribution >= 0.6 is 23.2 Å². The van der Waals surface area contributed by atoms with Crippen LogP contribution in [0.5, 0.6) is 5.75 Å². The summed E-state index contributed by atoms with van der Waals surface area (Å²) < 4.78 is 5.34. The third-order valence-corrected chi connectivity index (χ3v) is 3.05. The standard InChI is InChI=1S/C14H12Cl2N2O2/c15-11-7-4-8-12(16)13(11)18-14(19)17-9-20-10-5-2-1-3-6-10/h1-8H,9H2,(H2,17,18,19). The van der Waals surface area contributed by atoms with Crippen molar-refractivity contribution in [3.8, 4) is 5.75 Å². The van der Waals surface area contributed by atoms with Crippen molar-refractivity contribution in [2.24, 2.45) is 0 Å². The largest absolute Gasteiger partial charge is 0.473 e.